The average Bonchev–Trinajstić information content (AvgIpc) is 2.36. The molecule has 18 heavy (non-hydrogen) atoms. The minimum Gasteiger partial charge on any atom is -0.314 e. The van der Waals surface area contributed by atoms with Crippen LogP contribution in [0.5, 0.6) is 0 Å². The Morgan fingerprint density at radius 1 is 1.00 bits per heavy atom. The van der Waals surface area contributed by atoms with Crippen molar-refractivity contribution in [3.63, 3.8) is 0 Å². The fraction of sp³-hybridized carbons (Fsp3) is 1.00. The molecule has 3 aliphatic rings. The van der Waals surface area contributed by atoms with Gasteiger partial charge in [0.25, 0.3) is 0 Å². The zero-order valence-corrected chi connectivity index (χ0v) is 11.9. The highest BCUT2D eigenvalue weighted by atomic mass is 15.3. The highest BCUT2D eigenvalue weighted by Crippen LogP contribution is 2.30. The van der Waals surface area contributed by atoms with Gasteiger partial charge in [-0.05, 0) is 24.7 Å². The number of nitrogens with zero attached hydrogens (tertiary/aromatic N) is 2. The Morgan fingerprint density at radius 2 is 1.67 bits per heavy atom. The molecule has 1 N–H and O–H groups in total. The van der Waals surface area contributed by atoms with Crippen LogP contribution < -0.4 is 5.32 Å². The molecule has 0 aromatic carbocycles. The van der Waals surface area contributed by atoms with Crippen LogP contribution in [0.3, 0.4) is 0 Å². The summed E-state index contributed by atoms with van der Waals surface area (Å²) in [4.78, 5) is 5.39. The van der Waals surface area contributed by atoms with E-state index in [9.17, 15) is 0 Å². The smallest absolute Gasteiger partial charge is 0.0351 e. The van der Waals surface area contributed by atoms with Gasteiger partial charge in [-0.25, -0.2) is 0 Å². The first-order valence-corrected chi connectivity index (χ1v) is 7.98. The van der Waals surface area contributed by atoms with Crippen LogP contribution in [-0.4, -0.2) is 61.7 Å². The molecular formula is C15H29N3. The minimum absolute atomic E-state index is 0.870. The lowest BCUT2D eigenvalue weighted by molar-refractivity contribution is 0.0131. The first kappa shape index (κ1) is 12.9. The van der Waals surface area contributed by atoms with Crippen molar-refractivity contribution in [3.8, 4) is 0 Å². The van der Waals surface area contributed by atoms with Crippen molar-refractivity contribution in [2.45, 2.75) is 38.6 Å². The van der Waals surface area contributed by atoms with E-state index in [4.69, 9.17) is 0 Å². The maximum Gasteiger partial charge on any atom is 0.0351 e. The Bertz CT molecular complexity index is 248. The van der Waals surface area contributed by atoms with Gasteiger partial charge in [0.1, 0.15) is 0 Å². The third-order valence-electron chi connectivity index (χ3n) is 5.26. The third-order valence-corrected chi connectivity index (χ3v) is 5.26. The third kappa shape index (κ3) is 3.06. The van der Waals surface area contributed by atoms with Crippen LogP contribution in [0.25, 0.3) is 0 Å². The summed E-state index contributed by atoms with van der Waals surface area (Å²) in [5, 5.41) is 3.44. The van der Waals surface area contributed by atoms with Crippen LogP contribution >= 0.6 is 0 Å². The van der Waals surface area contributed by atoms with E-state index in [0.717, 1.165) is 17.9 Å². The van der Waals surface area contributed by atoms with Crippen molar-refractivity contribution in [3.05, 3.63) is 0 Å². The summed E-state index contributed by atoms with van der Waals surface area (Å²) >= 11 is 0. The maximum absolute atomic E-state index is 3.44. The molecule has 2 aliphatic heterocycles. The molecule has 0 aromatic heterocycles. The number of piperazine rings is 1. The second kappa shape index (κ2) is 5.89. The first-order valence-electron chi connectivity index (χ1n) is 7.98. The first-order chi connectivity index (χ1) is 8.81. The Balaban J connectivity index is 1.35. The molecule has 3 nitrogen and oxygen atoms in total. The van der Waals surface area contributed by atoms with Gasteiger partial charge in [0.05, 0.1) is 0 Å². The highest BCUT2D eigenvalue weighted by molar-refractivity contribution is 4.91. The molecule has 1 aliphatic carbocycles. The maximum atomic E-state index is 3.44. The molecule has 2 heterocycles. The van der Waals surface area contributed by atoms with E-state index in [1.165, 1.54) is 71.5 Å². The van der Waals surface area contributed by atoms with E-state index in [1.54, 1.807) is 0 Å². The predicted octanol–water partition coefficient (Wildman–Crippen LogP) is 1.40. The van der Waals surface area contributed by atoms with Gasteiger partial charge in [-0.3, -0.25) is 9.80 Å². The molecule has 0 bridgehead atoms. The van der Waals surface area contributed by atoms with Crippen molar-refractivity contribution in [2.24, 2.45) is 11.8 Å². The summed E-state index contributed by atoms with van der Waals surface area (Å²) in [5.41, 5.74) is 0. The van der Waals surface area contributed by atoms with E-state index >= 15 is 0 Å². The molecule has 104 valence electrons. The molecule has 0 radical (unpaired) electrons. The molecule has 1 saturated carbocycles. The van der Waals surface area contributed by atoms with Gasteiger partial charge in [0.2, 0.25) is 0 Å². The van der Waals surface area contributed by atoms with Crippen molar-refractivity contribution in [1.29, 1.82) is 0 Å². The molecule has 3 fully saturated rings. The van der Waals surface area contributed by atoms with Gasteiger partial charge < -0.3 is 5.32 Å². The van der Waals surface area contributed by atoms with E-state index in [1.807, 2.05) is 0 Å². The Kier molecular flexibility index (Phi) is 4.22. The summed E-state index contributed by atoms with van der Waals surface area (Å²) in [5.74, 6) is 2.00. The molecule has 3 rings (SSSR count). The van der Waals surface area contributed by atoms with E-state index in [2.05, 4.69) is 22.0 Å². The van der Waals surface area contributed by atoms with Crippen LogP contribution in [0.1, 0.15) is 32.6 Å². The summed E-state index contributed by atoms with van der Waals surface area (Å²) in [7, 11) is 0. The fourth-order valence-electron chi connectivity index (χ4n) is 3.85. The monoisotopic (exact) mass is 251 g/mol. The largest absolute Gasteiger partial charge is 0.314 e. The highest BCUT2D eigenvalue weighted by Gasteiger charge is 2.33. The fourth-order valence-corrected chi connectivity index (χ4v) is 3.85. The van der Waals surface area contributed by atoms with Crippen molar-refractivity contribution >= 4 is 0 Å². The standard InChI is InChI=1S/C15H29N3/c1-13-2-4-14(5-3-13)10-17-11-15(12-17)18-8-6-16-7-9-18/h13-16H,2-12H2,1H3. The van der Waals surface area contributed by atoms with Crippen LogP contribution in [0.2, 0.25) is 0 Å². The zero-order chi connectivity index (χ0) is 12.4. The van der Waals surface area contributed by atoms with Gasteiger partial charge in [-0.1, -0.05) is 19.8 Å². The summed E-state index contributed by atoms with van der Waals surface area (Å²) in [6.45, 7) is 11.4. The van der Waals surface area contributed by atoms with E-state index in [0.29, 0.717) is 0 Å². The number of likely N-dealkylation sites (tertiary alicyclic amines) is 1. The Hall–Kier alpha value is -0.120. The molecule has 0 aromatic rings. The summed E-state index contributed by atoms with van der Waals surface area (Å²) in [6.07, 6.45) is 5.91. The SMILES string of the molecule is CC1CCC(CN2CC(N3CCNCC3)C2)CC1. The Labute approximate surface area is 112 Å². The van der Waals surface area contributed by atoms with Crippen LogP contribution in [0.15, 0.2) is 0 Å². The van der Waals surface area contributed by atoms with Crippen LogP contribution in [0, 0.1) is 11.8 Å². The van der Waals surface area contributed by atoms with Crippen molar-refractivity contribution in [2.75, 3.05) is 45.8 Å². The average molecular weight is 251 g/mol. The Morgan fingerprint density at radius 3 is 2.33 bits per heavy atom. The lowest BCUT2D eigenvalue weighted by atomic mass is 9.82. The number of nitrogens with one attached hydrogen (secondary N) is 1. The summed E-state index contributed by atoms with van der Waals surface area (Å²) < 4.78 is 0. The predicted molar refractivity (Wildman–Crippen MR) is 75.8 cm³/mol. The lowest BCUT2D eigenvalue weighted by Gasteiger charge is -2.48. The van der Waals surface area contributed by atoms with E-state index in [-0.39, 0.29) is 0 Å². The van der Waals surface area contributed by atoms with Gasteiger partial charge in [-0.2, -0.15) is 0 Å². The molecule has 2 saturated heterocycles. The molecule has 0 unspecified atom stereocenters. The van der Waals surface area contributed by atoms with Crippen LogP contribution in [0.4, 0.5) is 0 Å². The van der Waals surface area contributed by atoms with Crippen molar-refractivity contribution < 1.29 is 0 Å². The number of hydrogen-bond acceptors (Lipinski definition) is 3. The molecule has 0 amide bonds. The molecule has 0 spiro atoms. The van der Waals surface area contributed by atoms with Gasteiger partial charge in [0.15, 0.2) is 0 Å². The lowest BCUT2D eigenvalue weighted by Crippen LogP contribution is -2.63. The summed E-state index contributed by atoms with van der Waals surface area (Å²) in [6, 6.07) is 0.870. The number of hydrogen-bond donors (Lipinski definition) is 1. The minimum atomic E-state index is 0.870. The molecule has 3 heteroatoms. The second-order valence-electron chi connectivity index (χ2n) is 6.78. The topological polar surface area (TPSA) is 18.5 Å². The second-order valence-corrected chi connectivity index (χ2v) is 6.78. The van der Waals surface area contributed by atoms with Crippen molar-refractivity contribution in [1.82, 2.24) is 15.1 Å². The molecular weight excluding hydrogens is 222 g/mol. The van der Waals surface area contributed by atoms with Crippen LogP contribution in [-0.2, 0) is 0 Å². The van der Waals surface area contributed by atoms with E-state index < -0.39 is 0 Å². The van der Waals surface area contributed by atoms with Gasteiger partial charge in [-0.15, -0.1) is 0 Å². The zero-order valence-electron chi connectivity index (χ0n) is 11.9. The number of rotatable bonds is 3. The molecule has 0 atom stereocenters. The van der Waals surface area contributed by atoms with Gasteiger partial charge in [0, 0.05) is 51.9 Å². The normalized spacial score (nSPS) is 36.5. The van der Waals surface area contributed by atoms with Gasteiger partial charge >= 0.3 is 0 Å². The quantitative estimate of drug-likeness (QED) is 0.818.